The van der Waals surface area contributed by atoms with Crippen molar-refractivity contribution in [2.75, 3.05) is 26.3 Å². The Labute approximate surface area is 206 Å². The molecule has 190 valence electrons. The Balaban J connectivity index is 1.56. The number of likely N-dealkylation sites (tertiary alicyclic amines) is 1. The molecule has 1 aliphatic heterocycles. The lowest BCUT2D eigenvalue weighted by Crippen LogP contribution is -2.39. The molecule has 7 heteroatoms. The van der Waals surface area contributed by atoms with Crippen LogP contribution in [0, 0.1) is 18.6 Å². The molecule has 5 nitrogen and oxygen atoms in total. The van der Waals surface area contributed by atoms with Gasteiger partial charge in [0.05, 0.1) is 25.4 Å². The summed E-state index contributed by atoms with van der Waals surface area (Å²) in [5.74, 6) is -1.20. The SMILES string of the molecule is CCOC(=O)C=Cc1c(F)cccc1[C@@H](C)OC[C@H](O)CN1CCC[C@H]1Cc1ccc(C)c(F)c1. The molecule has 0 spiro atoms. The summed E-state index contributed by atoms with van der Waals surface area (Å²) in [5, 5.41) is 10.7. The number of halogens is 2. The summed E-state index contributed by atoms with van der Waals surface area (Å²) >= 11 is 0. The molecule has 35 heavy (non-hydrogen) atoms. The molecule has 1 N–H and O–H groups in total. The van der Waals surface area contributed by atoms with E-state index in [-0.39, 0.29) is 30.6 Å². The average molecular weight is 488 g/mol. The van der Waals surface area contributed by atoms with E-state index in [1.54, 1.807) is 45.0 Å². The Morgan fingerprint density at radius 3 is 2.80 bits per heavy atom. The number of benzene rings is 2. The summed E-state index contributed by atoms with van der Waals surface area (Å²) in [6.07, 6.45) is 4.14. The zero-order chi connectivity index (χ0) is 25.4. The van der Waals surface area contributed by atoms with E-state index in [1.165, 1.54) is 18.2 Å². The van der Waals surface area contributed by atoms with Gasteiger partial charge in [0.25, 0.3) is 0 Å². The number of nitrogens with zero attached hydrogens (tertiary/aromatic N) is 1. The molecule has 2 aromatic carbocycles. The number of hydrogen-bond acceptors (Lipinski definition) is 5. The van der Waals surface area contributed by atoms with Crippen LogP contribution in [0.2, 0.25) is 0 Å². The number of esters is 1. The van der Waals surface area contributed by atoms with Gasteiger partial charge < -0.3 is 14.6 Å². The number of aliphatic hydroxyl groups excluding tert-OH is 1. The molecule has 3 atom stereocenters. The Kier molecular flexibility index (Phi) is 9.95. The maximum absolute atomic E-state index is 14.4. The lowest BCUT2D eigenvalue weighted by Gasteiger charge is -2.27. The average Bonchev–Trinajstić information content (AvgIpc) is 3.25. The number of aliphatic hydroxyl groups is 1. The molecule has 0 bridgehead atoms. The van der Waals surface area contributed by atoms with Gasteiger partial charge in [-0.15, -0.1) is 0 Å². The number of ether oxygens (including phenoxy) is 2. The van der Waals surface area contributed by atoms with Gasteiger partial charge in [-0.1, -0.05) is 24.3 Å². The molecule has 0 aromatic heterocycles. The van der Waals surface area contributed by atoms with E-state index < -0.39 is 24.0 Å². The second-order valence-electron chi connectivity index (χ2n) is 9.04. The van der Waals surface area contributed by atoms with Gasteiger partial charge in [-0.2, -0.15) is 0 Å². The maximum Gasteiger partial charge on any atom is 0.330 e. The number of rotatable bonds is 11. The molecule has 0 saturated carbocycles. The van der Waals surface area contributed by atoms with E-state index >= 15 is 0 Å². The van der Waals surface area contributed by atoms with E-state index in [2.05, 4.69) is 4.90 Å². The van der Waals surface area contributed by atoms with Crippen LogP contribution in [0.3, 0.4) is 0 Å². The Morgan fingerprint density at radius 1 is 1.26 bits per heavy atom. The van der Waals surface area contributed by atoms with E-state index in [9.17, 15) is 18.7 Å². The van der Waals surface area contributed by atoms with E-state index in [4.69, 9.17) is 9.47 Å². The van der Waals surface area contributed by atoms with Crippen LogP contribution in [-0.4, -0.2) is 54.4 Å². The third-order valence-corrected chi connectivity index (χ3v) is 6.39. The Morgan fingerprint density at radius 2 is 2.06 bits per heavy atom. The summed E-state index contributed by atoms with van der Waals surface area (Å²) in [5.41, 5.74) is 2.43. The van der Waals surface area contributed by atoms with Gasteiger partial charge in [-0.3, -0.25) is 4.90 Å². The molecular formula is C28H35F2NO4. The summed E-state index contributed by atoms with van der Waals surface area (Å²) in [4.78, 5) is 13.9. The second-order valence-corrected chi connectivity index (χ2v) is 9.04. The van der Waals surface area contributed by atoms with Gasteiger partial charge in [0.1, 0.15) is 11.6 Å². The first-order valence-electron chi connectivity index (χ1n) is 12.2. The molecule has 0 radical (unpaired) electrons. The number of aryl methyl sites for hydroxylation is 1. The maximum atomic E-state index is 14.4. The fourth-order valence-electron chi connectivity index (χ4n) is 4.50. The van der Waals surface area contributed by atoms with Crippen LogP contribution in [0.5, 0.6) is 0 Å². The van der Waals surface area contributed by atoms with Crippen LogP contribution in [-0.2, 0) is 20.7 Å². The minimum atomic E-state index is -0.722. The quantitative estimate of drug-likeness (QED) is 0.357. The van der Waals surface area contributed by atoms with Crippen LogP contribution in [0.1, 0.15) is 55.0 Å². The summed E-state index contributed by atoms with van der Waals surface area (Å²) in [6.45, 7) is 6.89. The second kappa shape index (κ2) is 12.9. The first-order chi connectivity index (χ1) is 16.8. The van der Waals surface area contributed by atoms with Crippen molar-refractivity contribution < 1.29 is 28.2 Å². The van der Waals surface area contributed by atoms with Gasteiger partial charge in [0.15, 0.2) is 0 Å². The van der Waals surface area contributed by atoms with Crippen molar-refractivity contribution >= 4 is 12.0 Å². The number of β-amino-alcohol motifs (C(OH)–C–C–N with tert-alkyl or cyclic N) is 1. The van der Waals surface area contributed by atoms with Crippen LogP contribution in [0.4, 0.5) is 8.78 Å². The minimum absolute atomic E-state index is 0.0844. The molecule has 0 amide bonds. The molecule has 1 heterocycles. The van der Waals surface area contributed by atoms with Gasteiger partial charge in [-0.25, -0.2) is 13.6 Å². The minimum Gasteiger partial charge on any atom is -0.463 e. The highest BCUT2D eigenvalue weighted by Crippen LogP contribution is 2.26. The molecular weight excluding hydrogens is 452 g/mol. The number of hydrogen-bond donors (Lipinski definition) is 1. The summed E-state index contributed by atoms with van der Waals surface area (Å²) < 4.78 is 39.1. The van der Waals surface area contributed by atoms with Crippen LogP contribution in [0.25, 0.3) is 6.08 Å². The Hall–Kier alpha value is -2.61. The van der Waals surface area contributed by atoms with Crippen molar-refractivity contribution in [3.63, 3.8) is 0 Å². The van der Waals surface area contributed by atoms with Gasteiger partial charge >= 0.3 is 5.97 Å². The van der Waals surface area contributed by atoms with Crippen LogP contribution in [0.15, 0.2) is 42.5 Å². The fraction of sp³-hybridized carbons (Fsp3) is 0.464. The largest absolute Gasteiger partial charge is 0.463 e. The first kappa shape index (κ1) is 27.0. The van der Waals surface area contributed by atoms with E-state index in [0.717, 1.165) is 31.4 Å². The zero-order valence-corrected chi connectivity index (χ0v) is 20.7. The molecule has 0 unspecified atom stereocenters. The lowest BCUT2D eigenvalue weighted by molar-refractivity contribution is -0.137. The molecule has 0 aliphatic carbocycles. The lowest BCUT2D eigenvalue weighted by atomic mass is 10.0. The smallest absolute Gasteiger partial charge is 0.330 e. The highest BCUT2D eigenvalue weighted by atomic mass is 19.1. The number of carbonyl (C=O) groups is 1. The first-order valence-corrected chi connectivity index (χ1v) is 12.2. The van der Waals surface area contributed by atoms with Crippen molar-refractivity contribution in [1.82, 2.24) is 4.90 Å². The van der Waals surface area contributed by atoms with Crippen LogP contribution >= 0.6 is 0 Å². The van der Waals surface area contributed by atoms with Crippen molar-refractivity contribution in [3.05, 3.63) is 76.4 Å². The third-order valence-electron chi connectivity index (χ3n) is 6.39. The van der Waals surface area contributed by atoms with Crippen molar-refractivity contribution in [2.45, 2.75) is 58.3 Å². The van der Waals surface area contributed by atoms with E-state index in [0.29, 0.717) is 17.7 Å². The predicted octanol–water partition coefficient (Wildman–Crippen LogP) is 5.00. The Bertz CT molecular complexity index is 1030. The number of carbonyl (C=O) groups excluding carboxylic acids is 1. The van der Waals surface area contributed by atoms with Crippen LogP contribution < -0.4 is 0 Å². The van der Waals surface area contributed by atoms with Gasteiger partial charge in [0, 0.05) is 24.2 Å². The topological polar surface area (TPSA) is 59.0 Å². The summed E-state index contributed by atoms with van der Waals surface area (Å²) in [7, 11) is 0. The highest BCUT2D eigenvalue weighted by molar-refractivity contribution is 5.87. The molecule has 1 saturated heterocycles. The van der Waals surface area contributed by atoms with Crippen molar-refractivity contribution in [3.8, 4) is 0 Å². The van der Waals surface area contributed by atoms with Crippen molar-refractivity contribution in [2.24, 2.45) is 0 Å². The molecule has 1 fully saturated rings. The van der Waals surface area contributed by atoms with Gasteiger partial charge in [-0.05, 0) is 81.5 Å². The molecule has 3 rings (SSSR count). The molecule has 1 aliphatic rings. The van der Waals surface area contributed by atoms with Gasteiger partial charge in [0.2, 0.25) is 0 Å². The highest BCUT2D eigenvalue weighted by Gasteiger charge is 2.27. The molecule has 2 aromatic rings. The fourth-order valence-corrected chi connectivity index (χ4v) is 4.50. The van der Waals surface area contributed by atoms with E-state index in [1.807, 2.05) is 6.07 Å². The summed E-state index contributed by atoms with van der Waals surface area (Å²) in [6, 6.07) is 10.3. The zero-order valence-electron chi connectivity index (χ0n) is 20.7. The normalized spacial score (nSPS) is 18.2. The third kappa shape index (κ3) is 7.69. The van der Waals surface area contributed by atoms with Crippen molar-refractivity contribution in [1.29, 1.82) is 0 Å². The monoisotopic (exact) mass is 487 g/mol. The predicted molar refractivity (Wildman–Crippen MR) is 132 cm³/mol. The standard InChI is InChI=1S/C28H35F2NO4/c1-4-34-28(33)13-12-25-24(8-5-9-26(25)29)20(3)35-18-23(32)17-31-14-6-7-22(31)15-21-11-10-19(2)27(30)16-21/h5,8-13,16,20,22-23,32H,4,6-7,14-15,17-18H2,1-3H3/t20-,22+,23-/m1/s1.